The first kappa shape index (κ1) is 25.5. The van der Waals surface area contributed by atoms with Crippen LogP contribution in [0.4, 0.5) is 10.8 Å². The van der Waals surface area contributed by atoms with Gasteiger partial charge in [0.2, 0.25) is 0 Å². The smallest absolute Gasteiger partial charge is 0.264 e. The van der Waals surface area contributed by atoms with Gasteiger partial charge in [-0.1, -0.05) is 47.2 Å². The Hall–Kier alpha value is -3.79. The number of pyridine rings is 1. The van der Waals surface area contributed by atoms with Crippen LogP contribution in [0.1, 0.15) is 27.2 Å². The molecule has 0 bridgehead atoms. The standard InChI is InChI=1S/C29H23ClN4O3S2/c1-19-24(30)13-14-26-27(19)32-29(38-26)33(18-22-7-4-5-16-31-22)28(35)21-9-11-23(12-10-21)39(36,37)34-17-15-20-6-2-3-8-25(20)34/h2-14,16H,15,17-18H2,1H3. The van der Waals surface area contributed by atoms with Gasteiger partial charge < -0.3 is 0 Å². The summed E-state index contributed by atoms with van der Waals surface area (Å²) in [5, 5.41) is 1.12. The molecule has 1 aliphatic rings. The molecular weight excluding hydrogens is 552 g/mol. The number of halogens is 1. The van der Waals surface area contributed by atoms with Gasteiger partial charge in [0, 0.05) is 23.3 Å². The maximum Gasteiger partial charge on any atom is 0.264 e. The summed E-state index contributed by atoms with van der Waals surface area (Å²) in [5.74, 6) is -0.307. The van der Waals surface area contributed by atoms with Gasteiger partial charge in [-0.2, -0.15) is 0 Å². The number of carbonyl (C=O) groups excluding carboxylic acids is 1. The number of anilines is 2. The van der Waals surface area contributed by atoms with Crippen LogP contribution in [0.3, 0.4) is 0 Å². The number of para-hydroxylation sites is 1. The number of thiazole rings is 1. The zero-order valence-electron chi connectivity index (χ0n) is 20.9. The van der Waals surface area contributed by atoms with Crippen LogP contribution in [0.25, 0.3) is 10.2 Å². The zero-order chi connectivity index (χ0) is 27.1. The second-order valence-corrected chi connectivity index (χ2v) is 12.5. The molecule has 0 saturated carbocycles. The van der Waals surface area contributed by atoms with Crippen molar-refractivity contribution in [1.29, 1.82) is 0 Å². The molecule has 1 amide bonds. The topological polar surface area (TPSA) is 83.5 Å². The molecular formula is C29H23ClN4O3S2. The van der Waals surface area contributed by atoms with Crippen LogP contribution in [0.2, 0.25) is 5.02 Å². The fourth-order valence-corrected chi connectivity index (χ4v) is 7.37. The molecule has 0 radical (unpaired) electrons. The van der Waals surface area contributed by atoms with E-state index in [1.165, 1.54) is 27.8 Å². The average Bonchev–Trinajstić information content (AvgIpc) is 3.60. The van der Waals surface area contributed by atoms with Crippen molar-refractivity contribution in [2.24, 2.45) is 0 Å². The lowest BCUT2D eigenvalue weighted by Gasteiger charge is -2.21. The Morgan fingerprint density at radius 1 is 1.03 bits per heavy atom. The predicted molar refractivity (Wildman–Crippen MR) is 155 cm³/mol. The molecule has 0 aliphatic carbocycles. The van der Waals surface area contributed by atoms with Crippen molar-refractivity contribution in [3.05, 3.63) is 112 Å². The van der Waals surface area contributed by atoms with Crippen molar-refractivity contribution in [2.45, 2.75) is 24.8 Å². The number of amides is 1. The lowest BCUT2D eigenvalue weighted by Crippen LogP contribution is -2.31. The van der Waals surface area contributed by atoms with Crippen molar-refractivity contribution < 1.29 is 13.2 Å². The highest BCUT2D eigenvalue weighted by molar-refractivity contribution is 7.92. The largest absolute Gasteiger partial charge is 0.278 e. The van der Waals surface area contributed by atoms with Crippen LogP contribution in [0.15, 0.2) is 90.0 Å². The molecule has 196 valence electrons. The molecule has 3 heterocycles. The molecule has 0 spiro atoms. The number of rotatable bonds is 6. The van der Waals surface area contributed by atoms with Crippen molar-refractivity contribution in [1.82, 2.24) is 9.97 Å². The first-order chi connectivity index (χ1) is 18.8. The second-order valence-electron chi connectivity index (χ2n) is 9.21. The quantitative estimate of drug-likeness (QED) is 0.239. The fraction of sp³-hybridized carbons (Fsp3) is 0.138. The Morgan fingerprint density at radius 3 is 2.56 bits per heavy atom. The summed E-state index contributed by atoms with van der Waals surface area (Å²) in [5.41, 5.74) is 4.34. The first-order valence-electron chi connectivity index (χ1n) is 12.3. The third-order valence-electron chi connectivity index (χ3n) is 6.79. The van der Waals surface area contributed by atoms with E-state index in [0.717, 1.165) is 21.3 Å². The van der Waals surface area contributed by atoms with Gasteiger partial charge in [0.25, 0.3) is 15.9 Å². The minimum absolute atomic E-state index is 0.136. The molecule has 0 saturated heterocycles. The molecule has 3 aromatic carbocycles. The number of carbonyl (C=O) groups is 1. The number of fused-ring (bicyclic) bond motifs is 2. The lowest BCUT2D eigenvalue weighted by atomic mass is 10.2. The van der Waals surface area contributed by atoms with Gasteiger partial charge in [0.05, 0.1) is 33.0 Å². The molecule has 0 unspecified atom stereocenters. The third kappa shape index (κ3) is 4.67. The molecule has 1 aliphatic heterocycles. The van der Waals surface area contributed by atoms with E-state index in [4.69, 9.17) is 16.6 Å². The number of aromatic nitrogens is 2. The number of hydrogen-bond acceptors (Lipinski definition) is 6. The average molecular weight is 575 g/mol. The van der Waals surface area contributed by atoms with Crippen LogP contribution in [0.5, 0.6) is 0 Å². The van der Waals surface area contributed by atoms with Gasteiger partial charge in [-0.15, -0.1) is 0 Å². The number of benzene rings is 3. The molecule has 7 nitrogen and oxygen atoms in total. The van der Waals surface area contributed by atoms with E-state index < -0.39 is 10.0 Å². The fourth-order valence-electron chi connectivity index (χ4n) is 4.69. The van der Waals surface area contributed by atoms with E-state index in [9.17, 15) is 13.2 Å². The van der Waals surface area contributed by atoms with Gasteiger partial charge in [-0.25, -0.2) is 13.4 Å². The molecule has 5 aromatic rings. The third-order valence-corrected chi connectivity index (χ3v) is 10.1. The molecule has 0 atom stereocenters. The van der Waals surface area contributed by atoms with Crippen molar-refractivity contribution in [3.63, 3.8) is 0 Å². The Kier molecular flexibility index (Phi) is 6.58. The van der Waals surface area contributed by atoms with Crippen LogP contribution in [0, 0.1) is 6.92 Å². The summed E-state index contributed by atoms with van der Waals surface area (Å²) in [6.45, 7) is 2.50. The molecule has 39 heavy (non-hydrogen) atoms. The molecule has 10 heteroatoms. The van der Waals surface area contributed by atoms with E-state index in [1.54, 1.807) is 23.2 Å². The van der Waals surface area contributed by atoms with Crippen molar-refractivity contribution in [3.8, 4) is 0 Å². The minimum atomic E-state index is -3.77. The second kappa shape index (κ2) is 10.1. The van der Waals surface area contributed by atoms with Gasteiger partial charge in [-0.3, -0.25) is 19.0 Å². The van der Waals surface area contributed by atoms with E-state index in [2.05, 4.69) is 4.98 Å². The number of aryl methyl sites for hydroxylation is 1. The van der Waals surface area contributed by atoms with Crippen molar-refractivity contribution in [2.75, 3.05) is 15.7 Å². The number of hydrogen-bond donors (Lipinski definition) is 0. The number of sulfonamides is 1. The molecule has 2 aromatic heterocycles. The van der Waals surface area contributed by atoms with E-state index in [0.29, 0.717) is 40.1 Å². The maximum atomic E-state index is 13.8. The number of nitrogens with zero attached hydrogens (tertiary/aromatic N) is 4. The summed E-state index contributed by atoms with van der Waals surface area (Å²) in [4.78, 5) is 24.7. The highest BCUT2D eigenvalue weighted by atomic mass is 35.5. The summed E-state index contributed by atoms with van der Waals surface area (Å²) in [6.07, 6.45) is 2.34. The maximum absolute atomic E-state index is 13.8. The molecule has 0 N–H and O–H groups in total. The highest BCUT2D eigenvalue weighted by Crippen LogP contribution is 2.35. The lowest BCUT2D eigenvalue weighted by molar-refractivity contribution is 0.0984. The molecule has 6 rings (SSSR count). The molecule has 0 fully saturated rings. The summed E-state index contributed by atoms with van der Waals surface area (Å²) in [7, 11) is -3.77. The van der Waals surface area contributed by atoms with Crippen molar-refractivity contribution >= 4 is 59.9 Å². The summed E-state index contributed by atoms with van der Waals surface area (Å²) < 4.78 is 29.2. The SMILES string of the molecule is Cc1c(Cl)ccc2sc(N(Cc3ccccn3)C(=O)c3ccc(S(=O)(=O)N4CCc5ccccc54)cc3)nc12. The Balaban J connectivity index is 1.34. The van der Waals surface area contributed by atoms with Crippen LogP contribution in [-0.2, 0) is 23.0 Å². The van der Waals surface area contributed by atoms with Gasteiger partial charge in [0.1, 0.15) is 0 Å². The highest BCUT2D eigenvalue weighted by Gasteiger charge is 2.31. The van der Waals surface area contributed by atoms with Gasteiger partial charge >= 0.3 is 0 Å². The Morgan fingerprint density at radius 2 is 1.79 bits per heavy atom. The summed E-state index contributed by atoms with van der Waals surface area (Å²) >= 11 is 7.71. The zero-order valence-corrected chi connectivity index (χ0v) is 23.3. The van der Waals surface area contributed by atoms with Crippen LogP contribution in [-0.4, -0.2) is 30.8 Å². The first-order valence-corrected chi connectivity index (χ1v) is 14.9. The van der Waals surface area contributed by atoms with Gasteiger partial charge in [-0.05, 0) is 79.1 Å². The van der Waals surface area contributed by atoms with Crippen LogP contribution < -0.4 is 9.21 Å². The van der Waals surface area contributed by atoms with Gasteiger partial charge in [0.15, 0.2) is 5.13 Å². The Labute approximate surface area is 235 Å². The minimum Gasteiger partial charge on any atom is -0.278 e. The Bertz CT molecular complexity index is 1810. The van der Waals surface area contributed by atoms with E-state index >= 15 is 0 Å². The monoisotopic (exact) mass is 574 g/mol. The van der Waals surface area contributed by atoms with E-state index in [-0.39, 0.29) is 17.3 Å². The predicted octanol–water partition coefficient (Wildman–Crippen LogP) is 6.25. The summed E-state index contributed by atoms with van der Waals surface area (Å²) in [6, 6.07) is 22.8. The normalized spacial score (nSPS) is 13.0. The van der Waals surface area contributed by atoms with Crippen LogP contribution >= 0.6 is 22.9 Å². The van der Waals surface area contributed by atoms with E-state index in [1.807, 2.05) is 61.5 Å².